The summed E-state index contributed by atoms with van der Waals surface area (Å²) in [6.07, 6.45) is 5.81. The monoisotopic (exact) mass is 393 g/mol. The molecule has 1 atom stereocenters. The normalized spacial score (nSPS) is 18.8. The number of phenols is 1. The van der Waals surface area contributed by atoms with Gasteiger partial charge in [0.05, 0.1) is 17.2 Å². The van der Waals surface area contributed by atoms with E-state index in [2.05, 4.69) is 10.2 Å². The van der Waals surface area contributed by atoms with Crippen LogP contribution in [-0.4, -0.2) is 30.0 Å². The van der Waals surface area contributed by atoms with Crippen LogP contribution in [0.4, 0.5) is 11.4 Å². The fraction of sp³-hybridized carbons (Fsp3) is 0.391. The van der Waals surface area contributed by atoms with Crippen LogP contribution in [0, 0.1) is 0 Å². The van der Waals surface area contributed by atoms with Crippen molar-refractivity contribution in [3.63, 3.8) is 0 Å². The number of primary amides is 1. The summed E-state index contributed by atoms with van der Waals surface area (Å²) in [4.78, 5) is 27.4. The zero-order valence-electron chi connectivity index (χ0n) is 16.5. The molecule has 4 rings (SSSR count). The molecule has 6 heteroatoms. The highest BCUT2D eigenvalue weighted by atomic mass is 16.3. The maximum absolute atomic E-state index is 13.0. The maximum atomic E-state index is 13.0. The molecular formula is C23H27N3O3. The first-order valence-corrected chi connectivity index (χ1v) is 10.3. The quantitative estimate of drug-likeness (QED) is 0.740. The predicted octanol–water partition coefficient (Wildman–Crippen LogP) is 3.54. The Labute approximate surface area is 170 Å². The standard InChI is InChI=1S/C23H27N3O3/c24-22(28)19-14-15(26-12-2-1-3-13-26)10-11-20(19)25-23(29)18-8-4-7-17-16(18)6-5-9-21(17)27/h5-6,9-11,14,18,27H,1-4,7-8,12-13H2,(H2,24,28)(H,25,29). The van der Waals surface area contributed by atoms with Crippen LogP contribution in [0.2, 0.25) is 0 Å². The van der Waals surface area contributed by atoms with Crippen LogP contribution in [0.25, 0.3) is 0 Å². The van der Waals surface area contributed by atoms with Crippen molar-refractivity contribution in [2.75, 3.05) is 23.3 Å². The number of nitrogens with one attached hydrogen (secondary N) is 1. The minimum absolute atomic E-state index is 0.176. The van der Waals surface area contributed by atoms with E-state index in [0.717, 1.165) is 55.6 Å². The summed E-state index contributed by atoms with van der Waals surface area (Å²) >= 11 is 0. The second-order valence-electron chi connectivity index (χ2n) is 7.92. The van der Waals surface area contributed by atoms with E-state index in [9.17, 15) is 14.7 Å². The van der Waals surface area contributed by atoms with Gasteiger partial charge < -0.3 is 21.1 Å². The first-order chi connectivity index (χ1) is 14.0. The summed E-state index contributed by atoms with van der Waals surface area (Å²) in [5, 5.41) is 13.0. The van der Waals surface area contributed by atoms with Crippen molar-refractivity contribution in [3.8, 4) is 5.75 Å². The van der Waals surface area contributed by atoms with Crippen LogP contribution < -0.4 is 16.0 Å². The van der Waals surface area contributed by atoms with Gasteiger partial charge in [0.1, 0.15) is 5.75 Å². The Morgan fingerprint density at radius 3 is 2.62 bits per heavy atom. The summed E-state index contributed by atoms with van der Waals surface area (Å²) in [5.41, 5.74) is 9.05. The lowest BCUT2D eigenvalue weighted by molar-refractivity contribution is -0.117. The molecule has 29 heavy (non-hydrogen) atoms. The molecule has 2 amide bonds. The molecule has 152 valence electrons. The van der Waals surface area contributed by atoms with Gasteiger partial charge in [-0.1, -0.05) is 12.1 Å². The number of phenolic OH excluding ortho intramolecular Hbond substituents is 1. The van der Waals surface area contributed by atoms with Crippen molar-refractivity contribution in [2.45, 2.75) is 44.4 Å². The van der Waals surface area contributed by atoms with Gasteiger partial charge in [0.25, 0.3) is 5.91 Å². The van der Waals surface area contributed by atoms with Crippen molar-refractivity contribution in [1.29, 1.82) is 0 Å². The molecule has 0 saturated carbocycles. The Bertz CT molecular complexity index is 935. The van der Waals surface area contributed by atoms with Gasteiger partial charge in [-0.05, 0) is 73.9 Å². The van der Waals surface area contributed by atoms with Crippen LogP contribution in [0.3, 0.4) is 0 Å². The molecule has 6 nitrogen and oxygen atoms in total. The summed E-state index contributed by atoms with van der Waals surface area (Å²) in [5.74, 6) is -0.845. The number of rotatable bonds is 4. The van der Waals surface area contributed by atoms with Crippen molar-refractivity contribution in [2.24, 2.45) is 5.73 Å². The zero-order chi connectivity index (χ0) is 20.4. The lowest BCUT2D eigenvalue weighted by Crippen LogP contribution is -2.30. The molecule has 0 spiro atoms. The zero-order valence-corrected chi connectivity index (χ0v) is 16.5. The van der Waals surface area contributed by atoms with E-state index in [0.29, 0.717) is 17.7 Å². The number of carbonyl (C=O) groups is 2. The first kappa shape index (κ1) is 19.3. The van der Waals surface area contributed by atoms with Crippen molar-refractivity contribution >= 4 is 23.2 Å². The number of nitrogens with two attached hydrogens (primary N) is 1. The van der Waals surface area contributed by atoms with Gasteiger partial charge in [-0.2, -0.15) is 0 Å². The number of carbonyl (C=O) groups excluding carboxylic acids is 2. The first-order valence-electron chi connectivity index (χ1n) is 10.3. The Balaban J connectivity index is 1.59. The van der Waals surface area contributed by atoms with E-state index >= 15 is 0 Å². The maximum Gasteiger partial charge on any atom is 0.250 e. The lowest BCUT2D eigenvalue weighted by atomic mass is 9.82. The molecule has 0 bridgehead atoms. The number of amides is 2. The Morgan fingerprint density at radius 1 is 1.07 bits per heavy atom. The molecule has 2 aromatic carbocycles. The average molecular weight is 393 g/mol. The number of aromatic hydroxyl groups is 1. The highest BCUT2D eigenvalue weighted by Crippen LogP contribution is 2.37. The summed E-state index contributed by atoms with van der Waals surface area (Å²) in [7, 11) is 0. The molecule has 0 radical (unpaired) electrons. The van der Waals surface area contributed by atoms with Crippen LogP contribution >= 0.6 is 0 Å². The lowest BCUT2D eigenvalue weighted by Gasteiger charge is -2.29. The minimum atomic E-state index is -0.555. The van der Waals surface area contributed by atoms with Crippen molar-refractivity contribution in [3.05, 3.63) is 53.1 Å². The van der Waals surface area contributed by atoms with E-state index in [1.807, 2.05) is 12.1 Å². The van der Waals surface area contributed by atoms with E-state index in [4.69, 9.17) is 5.73 Å². The largest absolute Gasteiger partial charge is 0.508 e. The summed E-state index contributed by atoms with van der Waals surface area (Å²) < 4.78 is 0. The highest BCUT2D eigenvalue weighted by Gasteiger charge is 2.28. The fourth-order valence-corrected chi connectivity index (χ4v) is 4.52. The van der Waals surface area contributed by atoms with Crippen molar-refractivity contribution < 1.29 is 14.7 Å². The average Bonchev–Trinajstić information content (AvgIpc) is 2.74. The molecule has 1 unspecified atom stereocenters. The third-order valence-electron chi connectivity index (χ3n) is 6.05. The second-order valence-corrected chi connectivity index (χ2v) is 7.92. The van der Waals surface area contributed by atoms with Gasteiger partial charge in [0, 0.05) is 18.8 Å². The third kappa shape index (κ3) is 3.92. The van der Waals surface area contributed by atoms with Crippen LogP contribution in [0.5, 0.6) is 5.75 Å². The molecule has 0 aromatic heterocycles. The number of piperidine rings is 1. The molecule has 1 fully saturated rings. The van der Waals surface area contributed by atoms with Gasteiger partial charge in [-0.15, -0.1) is 0 Å². The fourth-order valence-electron chi connectivity index (χ4n) is 4.52. The molecule has 2 aliphatic rings. The molecule has 4 N–H and O–H groups in total. The molecule has 2 aromatic rings. The van der Waals surface area contributed by atoms with Crippen LogP contribution in [0.15, 0.2) is 36.4 Å². The smallest absolute Gasteiger partial charge is 0.250 e. The number of fused-ring (bicyclic) bond motifs is 1. The van der Waals surface area contributed by atoms with Gasteiger partial charge in [-0.25, -0.2) is 0 Å². The summed E-state index contributed by atoms with van der Waals surface area (Å²) in [6, 6.07) is 10.8. The van der Waals surface area contributed by atoms with E-state index in [-0.39, 0.29) is 17.6 Å². The van der Waals surface area contributed by atoms with Crippen LogP contribution in [-0.2, 0) is 11.2 Å². The number of hydrogen-bond acceptors (Lipinski definition) is 4. The van der Waals surface area contributed by atoms with Crippen LogP contribution in [0.1, 0.15) is 59.5 Å². The molecule has 1 aliphatic heterocycles. The highest BCUT2D eigenvalue weighted by molar-refractivity contribution is 6.05. The molecule has 1 aliphatic carbocycles. The molecule has 1 heterocycles. The predicted molar refractivity (Wildman–Crippen MR) is 113 cm³/mol. The van der Waals surface area contributed by atoms with Crippen molar-refractivity contribution in [1.82, 2.24) is 0 Å². The Hall–Kier alpha value is -3.02. The second kappa shape index (κ2) is 8.15. The molecule has 1 saturated heterocycles. The SMILES string of the molecule is NC(=O)c1cc(N2CCCCC2)ccc1NC(=O)C1CCCc2c(O)cccc21. The number of anilines is 2. The Kier molecular flexibility index (Phi) is 5.43. The topological polar surface area (TPSA) is 95.7 Å². The number of hydrogen-bond donors (Lipinski definition) is 3. The molecular weight excluding hydrogens is 366 g/mol. The Morgan fingerprint density at radius 2 is 1.86 bits per heavy atom. The minimum Gasteiger partial charge on any atom is -0.508 e. The third-order valence-corrected chi connectivity index (χ3v) is 6.05. The van der Waals surface area contributed by atoms with E-state index in [1.54, 1.807) is 24.3 Å². The summed E-state index contributed by atoms with van der Waals surface area (Å²) in [6.45, 7) is 1.93. The van der Waals surface area contributed by atoms with Gasteiger partial charge >= 0.3 is 0 Å². The van der Waals surface area contributed by atoms with E-state index in [1.165, 1.54) is 6.42 Å². The van der Waals surface area contributed by atoms with Gasteiger partial charge in [0.15, 0.2) is 0 Å². The van der Waals surface area contributed by atoms with Gasteiger partial charge in [-0.3, -0.25) is 9.59 Å². The number of nitrogens with zero attached hydrogens (tertiary/aromatic N) is 1. The van der Waals surface area contributed by atoms with Gasteiger partial charge in [0.2, 0.25) is 5.91 Å². The van der Waals surface area contributed by atoms with E-state index < -0.39 is 5.91 Å². The number of benzene rings is 2.